The Hall–Kier alpha value is -1.32. The molecule has 4 heteroatoms. The maximum atomic E-state index is 6.25. The van der Waals surface area contributed by atoms with Crippen LogP contribution in [0.2, 0.25) is 5.02 Å². The largest absolute Gasteiger partial charge is 0.313 e. The number of hydrogen-bond donors (Lipinski definition) is 1. The van der Waals surface area contributed by atoms with Crippen molar-refractivity contribution >= 4 is 11.6 Å². The van der Waals surface area contributed by atoms with E-state index in [0.29, 0.717) is 0 Å². The summed E-state index contributed by atoms with van der Waals surface area (Å²) in [6.07, 6.45) is 5.40. The second kappa shape index (κ2) is 4.68. The third-order valence-corrected chi connectivity index (χ3v) is 3.01. The van der Waals surface area contributed by atoms with Crippen molar-refractivity contribution in [3.8, 4) is 5.69 Å². The summed E-state index contributed by atoms with van der Waals surface area (Å²) in [4.78, 5) is 4.01. The Bertz CT molecular complexity index is 465. The number of benzene rings is 1. The lowest BCUT2D eigenvalue weighted by Gasteiger charge is -2.13. The Labute approximate surface area is 100 Å². The number of aromatic nitrogens is 2. The van der Waals surface area contributed by atoms with E-state index < -0.39 is 0 Å². The molecule has 3 nitrogen and oxygen atoms in total. The lowest BCUT2D eigenvalue weighted by Crippen LogP contribution is -2.12. The van der Waals surface area contributed by atoms with Crippen LogP contribution in [0, 0.1) is 0 Å². The van der Waals surface area contributed by atoms with Gasteiger partial charge in [-0.1, -0.05) is 17.7 Å². The normalized spacial score (nSPS) is 12.7. The Morgan fingerprint density at radius 1 is 1.44 bits per heavy atom. The molecular weight excluding hydrogens is 222 g/mol. The molecule has 0 amide bonds. The minimum absolute atomic E-state index is 0.254. The topological polar surface area (TPSA) is 29.9 Å². The molecule has 0 aliphatic heterocycles. The molecule has 1 atom stereocenters. The van der Waals surface area contributed by atoms with E-state index in [0.717, 1.165) is 16.3 Å². The van der Waals surface area contributed by atoms with E-state index in [4.69, 9.17) is 11.6 Å². The van der Waals surface area contributed by atoms with Crippen LogP contribution in [-0.4, -0.2) is 16.6 Å². The van der Waals surface area contributed by atoms with Crippen LogP contribution < -0.4 is 5.32 Å². The fourth-order valence-corrected chi connectivity index (χ4v) is 1.93. The molecule has 0 aliphatic rings. The average Bonchev–Trinajstić information content (AvgIpc) is 2.81. The monoisotopic (exact) mass is 235 g/mol. The van der Waals surface area contributed by atoms with Crippen LogP contribution in [0.3, 0.4) is 0 Å². The van der Waals surface area contributed by atoms with E-state index in [9.17, 15) is 0 Å². The zero-order valence-corrected chi connectivity index (χ0v) is 10.1. The summed E-state index contributed by atoms with van der Waals surface area (Å²) in [5, 5.41) is 3.94. The van der Waals surface area contributed by atoms with Crippen LogP contribution in [0.25, 0.3) is 5.69 Å². The van der Waals surface area contributed by atoms with E-state index in [-0.39, 0.29) is 6.04 Å². The third-order valence-electron chi connectivity index (χ3n) is 2.69. The Kier molecular flexibility index (Phi) is 3.27. The van der Waals surface area contributed by atoms with Gasteiger partial charge < -0.3 is 9.88 Å². The highest BCUT2D eigenvalue weighted by Crippen LogP contribution is 2.25. The van der Waals surface area contributed by atoms with E-state index >= 15 is 0 Å². The van der Waals surface area contributed by atoms with Gasteiger partial charge in [-0.25, -0.2) is 4.98 Å². The van der Waals surface area contributed by atoms with Crippen LogP contribution in [0.4, 0.5) is 0 Å². The minimum atomic E-state index is 0.254. The average molecular weight is 236 g/mol. The maximum Gasteiger partial charge on any atom is 0.0991 e. The number of rotatable bonds is 3. The molecule has 2 rings (SSSR count). The van der Waals surface area contributed by atoms with Crippen molar-refractivity contribution in [3.05, 3.63) is 47.5 Å². The van der Waals surface area contributed by atoms with Crippen molar-refractivity contribution in [2.45, 2.75) is 13.0 Å². The second-order valence-electron chi connectivity index (χ2n) is 3.69. The first kappa shape index (κ1) is 11.2. The number of halogens is 1. The first-order valence-corrected chi connectivity index (χ1v) is 5.55. The molecule has 0 radical (unpaired) electrons. The molecule has 0 bridgehead atoms. The lowest BCUT2D eigenvalue weighted by atomic mass is 10.1. The van der Waals surface area contributed by atoms with Crippen LogP contribution in [0.5, 0.6) is 0 Å². The molecular formula is C12H14ClN3. The molecule has 0 saturated carbocycles. The summed E-state index contributed by atoms with van der Waals surface area (Å²) in [5.41, 5.74) is 2.13. The molecule has 1 N–H and O–H groups in total. The number of imidazole rings is 1. The van der Waals surface area contributed by atoms with E-state index in [1.54, 1.807) is 12.5 Å². The molecule has 2 aromatic rings. The second-order valence-corrected chi connectivity index (χ2v) is 4.09. The van der Waals surface area contributed by atoms with E-state index in [2.05, 4.69) is 17.2 Å². The van der Waals surface area contributed by atoms with Gasteiger partial charge >= 0.3 is 0 Å². The maximum absolute atomic E-state index is 6.25. The zero-order valence-electron chi connectivity index (χ0n) is 9.31. The van der Waals surface area contributed by atoms with Gasteiger partial charge in [0.2, 0.25) is 0 Å². The third kappa shape index (κ3) is 2.10. The van der Waals surface area contributed by atoms with Gasteiger partial charge in [-0.05, 0) is 31.7 Å². The highest BCUT2D eigenvalue weighted by molar-refractivity contribution is 6.31. The summed E-state index contributed by atoms with van der Waals surface area (Å²) < 4.78 is 1.93. The van der Waals surface area contributed by atoms with Gasteiger partial charge in [-0.15, -0.1) is 0 Å². The minimum Gasteiger partial charge on any atom is -0.313 e. The standard InChI is InChI=1S/C12H14ClN3/c1-9(14-2)11-4-3-10(7-12(11)13)16-6-5-15-8-16/h3-9,14H,1-2H3. The lowest BCUT2D eigenvalue weighted by molar-refractivity contribution is 0.652. The summed E-state index contributed by atoms with van der Waals surface area (Å²) in [6.45, 7) is 2.08. The molecule has 0 spiro atoms. The van der Waals surface area contributed by atoms with Gasteiger partial charge in [-0.2, -0.15) is 0 Å². The zero-order chi connectivity index (χ0) is 11.5. The highest BCUT2D eigenvalue weighted by atomic mass is 35.5. The molecule has 1 aromatic carbocycles. The Balaban J connectivity index is 2.37. The highest BCUT2D eigenvalue weighted by Gasteiger charge is 2.08. The number of nitrogens with one attached hydrogen (secondary N) is 1. The van der Waals surface area contributed by atoms with Gasteiger partial charge in [0, 0.05) is 29.1 Å². The van der Waals surface area contributed by atoms with Gasteiger partial charge in [0.15, 0.2) is 0 Å². The summed E-state index contributed by atoms with van der Waals surface area (Å²) in [6, 6.07) is 6.28. The fraction of sp³-hybridized carbons (Fsp3) is 0.250. The van der Waals surface area contributed by atoms with Gasteiger partial charge in [0.25, 0.3) is 0 Å². The molecule has 1 unspecified atom stereocenters. The molecule has 1 aromatic heterocycles. The molecule has 0 aliphatic carbocycles. The quantitative estimate of drug-likeness (QED) is 0.887. The van der Waals surface area contributed by atoms with E-state index in [1.165, 1.54) is 0 Å². The molecule has 1 heterocycles. The first-order chi connectivity index (χ1) is 7.72. The van der Waals surface area contributed by atoms with Crippen LogP contribution in [-0.2, 0) is 0 Å². The summed E-state index contributed by atoms with van der Waals surface area (Å²) >= 11 is 6.25. The predicted octanol–water partition coefficient (Wildman–Crippen LogP) is 2.81. The number of nitrogens with zero attached hydrogens (tertiary/aromatic N) is 2. The molecule has 16 heavy (non-hydrogen) atoms. The van der Waals surface area contributed by atoms with Gasteiger partial charge in [0.05, 0.1) is 6.33 Å². The van der Waals surface area contributed by atoms with Crippen LogP contribution in [0.1, 0.15) is 18.5 Å². The predicted molar refractivity (Wildman–Crippen MR) is 66.0 cm³/mol. The van der Waals surface area contributed by atoms with Crippen molar-refractivity contribution in [1.82, 2.24) is 14.9 Å². The van der Waals surface area contributed by atoms with Crippen molar-refractivity contribution in [2.75, 3.05) is 7.05 Å². The van der Waals surface area contributed by atoms with Gasteiger partial charge in [0.1, 0.15) is 0 Å². The first-order valence-electron chi connectivity index (χ1n) is 5.17. The van der Waals surface area contributed by atoms with Crippen molar-refractivity contribution in [3.63, 3.8) is 0 Å². The number of hydrogen-bond acceptors (Lipinski definition) is 2. The van der Waals surface area contributed by atoms with Gasteiger partial charge in [-0.3, -0.25) is 0 Å². The van der Waals surface area contributed by atoms with Crippen LogP contribution >= 0.6 is 11.6 Å². The Morgan fingerprint density at radius 2 is 2.25 bits per heavy atom. The molecule has 0 saturated heterocycles. The van der Waals surface area contributed by atoms with Crippen molar-refractivity contribution in [1.29, 1.82) is 0 Å². The molecule has 0 fully saturated rings. The smallest absolute Gasteiger partial charge is 0.0991 e. The SMILES string of the molecule is CNC(C)c1ccc(-n2ccnc2)cc1Cl. The summed E-state index contributed by atoms with van der Waals surface area (Å²) in [7, 11) is 1.92. The van der Waals surface area contributed by atoms with Crippen molar-refractivity contribution in [2.24, 2.45) is 0 Å². The van der Waals surface area contributed by atoms with Crippen molar-refractivity contribution < 1.29 is 0 Å². The fourth-order valence-electron chi connectivity index (χ4n) is 1.60. The molecule has 84 valence electrons. The summed E-state index contributed by atoms with van der Waals surface area (Å²) in [5.74, 6) is 0. The van der Waals surface area contributed by atoms with E-state index in [1.807, 2.05) is 36.0 Å². The Morgan fingerprint density at radius 3 is 2.81 bits per heavy atom. The van der Waals surface area contributed by atoms with Crippen LogP contribution in [0.15, 0.2) is 36.9 Å².